The second-order valence-electron chi connectivity index (χ2n) is 11.7. The highest BCUT2D eigenvalue weighted by Crippen LogP contribution is 2.37. The Labute approximate surface area is 287 Å². The maximum atomic E-state index is 6.24. The molecular weight excluding hydrogens is 603 g/mol. The molecule has 7 aromatic rings. The summed E-state index contributed by atoms with van der Waals surface area (Å²) < 4.78 is 0. The molecule has 0 aromatic heterocycles. The van der Waals surface area contributed by atoms with Gasteiger partial charge in [-0.25, -0.2) is 0 Å². The molecule has 0 amide bonds. The zero-order chi connectivity index (χ0) is 32.7. The largest absolute Gasteiger partial charge is 0.355 e. The first kappa shape index (κ1) is 30.9. The van der Waals surface area contributed by atoms with Crippen LogP contribution in [0.15, 0.2) is 186 Å². The number of hydrogen-bond acceptors (Lipinski definition) is 4. The maximum Gasteiger partial charge on any atom is 0.123 e. The minimum absolute atomic E-state index is 0.385. The van der Waals surface area contributed by atoms with Gasteiger partial charge in [-0.3, -0.25) is 4.99 Å². The van der Waals surface area contributed by atoms with Crippen LogP contribution in [-0.4, -0.2) is 6.21 Å². The van der Waals surface area contributed by atoms with E-state index in [9.17, 15) is 0 Å². The van der Waals surface area contributed by atoms with Crippen molar-refractivity contribution in [3.8, 4) is 44.5 Å². The number of benzene rings is 7. The van der Waals surface area contributed by atoms with E-state index in [2.05, 4.69) is 138 Å². The maximum absolute atomic E-state index is 6.24. The van der Waals surface area contributed by atoms with Crippen LogP contribution in [0.1, 0.15) is 17.3 Å². The highest BCUT2D eigenvalue weighted by molar-refractivity contribution is 7.80. The Bertz CT molecular complexity index is 2160. The van der Waals surface area contributed by atoms with Crippen LogP contribution >= 0.6 is 12.6 Å². The summed E-state index contributed by atoms with van der Waals surface area (Å²) in [6.45, 7) is 0. The van der Waals surface area contributed by atoms with E-state index >= 15 is 0 Å². The average Bonchev–Trinajstić information content (AvgIpc) is 3.15. The fourth-order valence-electron chi connectivity index (χ4n) is 5.89. The van der Waals surface area contributed by atoms with Crippen LogP contribution < -0.4 is 11.1 Å². The molecule has 0 aliphatic rings. The van der Waals surface area contributed by atoms with Crippen molar-refractivity contribution in [2.75, 3.05) is 5.32 Å². The number of rotatable bonds is 9. The molecule has 0 spiro atoms. The van der Waals surface area contributed by atoms with Crippen molar-refractivity contribution in [3.05, 3.63) is 187 Å². The fourth-order valence-corrected chi connectivity index (χ4v) is 6.30. The second-order valence-corrected chi connectivity index (χ2v) is 12.1. The molecule has 1 atom stereocenters. The van der Waals surface area contributed by atoms with Crippen LogP contribution in [0.3, 0.4) is 0 Å². The topological polar surface area (TPSA) is 50.4 Å². The van der Waals surface area contributed by atoms with Gasteiger partial charge in [-0.15, -0.1) is 12.6 Å². The summed E-state index contributed by atoms with van der Waals surface area (Å²) in [5.41, 5.74) is 19.4. The van der Waals surface area contributed by atoms with Crippen molar-refractivity contribution in [2.45, 2.75) is 11.1 Å². The lowest BCUT2D eigenvalue weighted by Crippen LogP contribution is -2.07. The van der Waals surface area contributed by atoms with Crippen molar-refractivity contribution in [1.29, 1.82) is 0 Å². The molecule has 0 saturated heterocycles. The van der Waals surface area contributed by atoms with E-state index in [1.807, 2.05) is 54.7 Å². The summed E-state index contributed by atoms with van der Waals surface area (Å²) >= 11 is 4.97. The normalized spacial score (nSPS) is 11.8. The first-order valence-corrected chi connectivity index (χ1v) is 16.5. The lowest BCUT2D eigenvalue weighted by atomic mass is 9.95. The van der Waals surface area contributed by atoms with Crippen LogP contribution in [0.5, 0.6) is 0 Å². The predicted molar refractivity (Wildman–Crippen MR) is 206 cm³/mol. The van der Waals surface area contributed by atoms with E-state index in [4.69, 9.17) is 18.4 Å². The van der Waals surface area contributed by atoms with E-state index in [0.717, 1.165) is 71.9 Å². The quantitative estimate of drug-likeness (QED) is 0.109. The van der Waals surface area contributed by atoms with E-state index < -0.39 is 0 Å². The molecule has 0 aliphatic carbocycles. The summed E-state index contributed by atoms with van der Waals surface area (Å²) in [5, 5.41) is 3.61. The zero-order valence-corrected chi connectivity index (χ0v) is 27.3. The molecule has 232 valence electrons. The number of nitrogens with two attached hydrogens (primary N) is 1. The van der Waals surface area contributed by atoms with Gasteiger partial charge < -0.3 is 11.1 Å². The Balaban J connectivity index is 1.08. The first-order valence-electron chi connectivity index (χ1n) is 16.0. The number of anilines is 2. The van der Waals surface area contributed by atoms with Gasteiger partial charge in [0, 0.05) is 28.0 Å². The Morgan fingerprint density at radius 3 is 1.79 bits per heavy atom. The van der Waals surface area contributed by atoms with Gasteiger partial charge in [0.15, 0.2) is 0 Å². The number of aliphatic imine (C=N–C) groups is 1. The van der Waals surface area contributed by atoms with Gasteiger partial charge in [0.05, 0.1) is 0 Å². The molecule has 0 heterocycles. The summed E-state index contributed by atoms with van der Waals surface area (Å²) in [5.74, 6) is 0. The second kappa shape index (κ2) is 14.4. The third kappa shape index (κ3) is 7.01. The first-order chi connectivity index (χ1) is 23.6. The Hall–Kier alpha value is -5.68. The van der Waals surface area contributed by atoms with Gasteiger partial charge in [0.1, 0.15) is 6.17 Å². The molecule has 1 unspecified atom stereocenters. The van der Waals surface area contributed by atoms with E-state index in [1.54, 1.807) is 0 Å². The number of para-hydroxylation sites is 1. The van der Waals surface area contributed by atoms with Gasteiger partial charge >= 0.3 is 0 Å². The Morgan fingerprint density at radius 2 is 1.04 bits per heavy atom. The van der Waals surface area contributed by atoms with Crippen molar-refractivity contribution in [1.82, 2.24) is 0 Å². The SMILES string of the molecule is NC(N=Cc1ccc(Nc2ccccc2-c2ccc(-c3cccc(-c4cccc(-c5ccccc5)c4S)c3)cc2)cc1)c1ccccc1. The molecule has 7 rings (SSSR count). The smallest absolute Gasteiger partial charge is 0.123 e. The fraction of sp³-hybridized carbons (Fsp3) is 0.0227. The number of nitrogens with one attached hydrogen (secondary N) is 1. The molecule has 0 aliphatic heterocycles. The number of nitrogens with zero attached hydrogens (tertiary/aromatic N) is 1. The highest BCUT2D eigenvalue weighted by atomic mass is 32.1. The lowest BCUT2D eigenvalue weighted by molar-refractivity contribution is 0.780. The van der Waals surface area contributed by atoms with Crippen LogP contribution in [0.4, 0.5) is 11.4 Å². The molecule has 0 bridgehead atoms. The molecule has 3 nitrogen and oxygen atoms in total. The monoisotopic (exact) mass is 637 g/mol. The van der Waals surface area contributed by atoms with Crippen LogP contribution in [0.25, 0.3) is 44.5 Å². The van der Waals surface area contributed by atoms with Crippen LogP contribution in [0, 0.1) is 0 Å². The van der Waals surface area contributed by atoms with Gasteiger partial charge in [-0.1, -0.05) is 152 Å². The number of thiol groups is 1. The zero-order valence-electron chi connectivity index (χ0n) is 26.4. The number of hydrogen-bond donors (Lipinski definition) is 3. The molecule has 48 heavy (non-hydrogen) atoms. The molecule has 7 aromatic carbocycles. The molecular formula is C44H35N3S. The summed E-state index contributed by atoms with van der Waals surface area (Å²) in [4.78, 5) is 5.51. The Morgan fingerprint density at radius 1 is 0.500 bits per heavy atom. The van der Waals surface area contributed by atoms with E-state index in [-0.39, 0.29) is 6.17 Å². The third-order valence-electron chi connectivity index (χ3n) is 8.47. The average molecular weight is 638 g/mol. The molecule has 4 heteroatoms. The minimum atomic E-state index is -0.385. The molecule has 0 saturated carbocycles. The summed E-state index contributed by atoms with van der Waals surface area (Å²) in [6, 6.07) is 60.8. The van der Waals surface area contributed by atoms with Crippen LogP contribution in [-0.2, 0) is 0 Å². The van der Waals surface area contributed by atoms with Gasteiger partial charge in [0.25, 0.3) is 0 Å². The summed E-state index contributed by atoms with van der Waals surface area (Å²) in [6.07, 6.45) is 1.44. The van der Waals surface area contributed by atoms with Crippen molar-refractivity contribution in [2.24, 2.45) is 10.7 Å². The van der Waals surface area contributed by atoms with Gasteiger partial charge in [0.2, 0.25) is 0 Å². The highest BCUT2D eigenvalue weighted by Gasteiger charge is 2.11. The van der Waals surface area contributed by atoms with Crippen LogP contribution in [0.2, 0.25) is 0 Å². The molecule has 0 fully saturated rings. The molecule has 0 radical (unpaired) electrons. The van der Waals surface area contributed by atoms with Gasteiger partial charge in [-0.2, -0.15) is 0 Å². The minimum Gasteiger partial charge on any atom is -0.355 e. The third-order valence-corrected chi connectivity index (χ3v) is 8.95. The van der Waals surface area contributed by atoms with Gasteiger partial charge in [-0.05, 0) is 74.3 Å². The lowest BCUT2D eigenvalue weighted by Gasteiger charge is -2.14. The van der Waals surface area contributed by atoms with Crippen molar-refractivity contribution >= 4 is 30.2 Å². The van der Waals surface area contributed by atoms with E-state index in [1.165, 1.54) is 0 Å². The summed E-state index contributed by atoms with van der Waals surface area (Å²) in [7, 11) is 0. The van der Waals surface area contributed by atoms with E-state index in [0.29, 0.717) is 0 Å². The van der Waals surface area contributed by atoms with Crippen molar-refractivity contribution in [3.63, 3.8) is 0 Å². The predicted octanol–water partition coefficient (Wildman–Crippen LogP) is 11.5. The Kier molecular flexibility index (Phi) is 9.28. The van der Waals surface area contributed by atoms with Crippen molar-refractivity contribution < 1.29 is 0 Å². The molecule has 3 N–H and O–H groups in total. The standard InChI is InChI=1S/C44H35N3S/c45-44(35-13-5-2-6-14-35)46-30-31-21-27-38(28-22-31)47-42-20-8-7-17-39(42)34-25-23-32(24-26-34)36-15-9-16-37(29-36)41-19-10-18-40(43(41)48)33-11-3-1-4-12-33/h1-30,44,47-48H,45H2.